The van der Waals surface area contributed by atoms with Crippen LogP contribution in [0, 0.1) is 12.7 Å². The lowest BCUT2D eigenvalue weighted by Crippen LogP contribution is -2.39. The van der Waals surface area contributed by atoms with Crippen LogP contribution in [-0.2, 0) is 0 Å². The molecule has 0 unspecified atom stereocenters. The summed E-state index contributed by atoms with van der Waals surface area (Å²) >= 11 is 0. The van der Waals surface area contributed by atoms with E-state index in [9.17, 15) is 4.39 Å². The lowest BCUT2D eigenvalue weighted by Gasteiger charge is -2.05. The van der Waals surface area contributed by atoms with Gasteiger partial charge >= 0.3 is 7.12 Å². The van der Waals surface area contributed by atoms with Crippen LogP contribution in [0.25, 0.3) is 0 Å². The standard InChI is InChI=1S/C13H10BFO2/c1-9-4-2-5-10(8-9)14-16-12-7-3-6-11(15)13(12)17-14/h2-8H,1H3. The lowest BCUT2D eigenvalue weighted by molar-refractivity contribution is 0.496. The Hall–Kier alpha value is -1.97. The second-order valence-electron chi connectivity index (χ2n) is 4.05. The van der Waals surface area contributed by atoms with E-state index in [0.717, 1.165) is 11.0 Å². The maximum atomic E-state index is 13.5. The first-order valence-corrected chi connectivity index (χ1v) is 5.42. The zero-order valence-electron chi connectivity index (χ0n) is 9.31. The third-order valence-corrected chi connectivity index (χ3v) is 2.70. The Kier molecular flexibility index (Phi) is 2.28. The molecule has 0 bridgehead atoms. The minimum absolute atomic E-state index is 0.194. The molecule has 2 nitrogen and oxygen atoms in total. The maximum Gasteiger partial charge on any atom is 0.632 e. The SMILES string of the molecule is Cc1cccc(B2Oc3cccc(F)c3O2)c1. The second kappa shape index (κ2) is 3.80. The molecule has 3 rings (SSSR count). The van der Waals surface area contributed by atoms with E-state index < -0.39 is 12.9 Å². The minimum atomic E-state index is -0.554. The van der Waals surface area contributed by atoms with E-state index in [0.29, 0.717) is 5.75 Å². The molecule has 1 aliphatic rings. The van der Waals surface area contributed by atoms with Gasteiger partial charge < -0.3 is 9.31 Å². The van der Waals surface area contributed by atoms with Gasteiger partial charge in [-0.3, -0.25) is 0 Å². The van der Waals surface area contributed by atoms with E-state index in [-0.39, 0.29) is 5.75 Å². The van der Waals surface area contributed by atoms with Gasteiger partial charge in [0.1, 0.15) is 5.75 Å². The Bertz CT molecular complexity index is 571. The Balaban J connectivity index is 1.94. The van der Waals surface area contributed by atoms with E-state index in [4.69, 9.17) is 9.31 Å². The van der Waals surface area contributed by atoms with Gasteiger partial charge in [-0.05, 0) is 19.1 Å². The quantitative estimate of drug-likeness (QED) is 0.697. The fourth-order valence-corrected chi connectivity index (χ4v) is 1.90. The van der Waals surface area contributed by atoms with Crippen LogP contribution < -0.4 is 14.8 Å². The molecular weight excluding hydrogens is 218 g/mol. The number of aryl methyl sites for hydroxylation is 1. The van der Waals surface area contributed by atoms with Crippen molar-refractivity contribution in [3.63, 3.8) is 0 Å². The summed E-state index contributed by atoms with van der Waals surface area (Å²) in [5, 5.41) is 0. The van der Waals surface area contributed by atoms with Crippen molar-refractivity contribution in [1.82, 2.24) is 0 Å². The molecule has 4 heteroatoms. The molecule has 0 amide bonds. The first-order valence-electron chi connectivity index (χ1n) is 5.42. The molecule has 17 heavy (non-hydrogen) atoms. The first kappa shape index (κ1) is 10.2. The molecule has 1 heterocycles. The van der Waals surface area contributed by atoms with Crippen LogP contribution in [0.2, 0.25) is 0 Å². The molecule has 1 aliphatic heterocycles. The van der Waals surface area contributed by atoms with Crippen molar-refractivity contribution in [3.8, 4) is 11.5 Å². The van der Waals surface area contributed by atoms with Crippen LogP contribution in [0.15, 0.2) is 42.5 Å². The van der Waals surface area contributed by atoms with Crippen LogP contribution in [-0.4, -0.2) is 7.12 Å². The van der Waals surface area contributed by atoms with Crippen molar-refractivity contribution in [3.05, 3.63) is 53.8 Å². The average Bonchev–Trinajstić information content (AvgIpc) is 2.74. The minimum Gasteiger partial charge on any atom is -0.519 e. The number of benzene rings is 2. The summed E-state index contributed by atoms with van der Waals surface area (Å²) in [4.78, 5) is 0. The summed E-state index contributed by atoms with van der Waals surface area (Å²) in [6, 6.07) is 12.5. The van der Waals surface area contributed by atoms with Crippen molar-refractivity contribution in [2.45, 2.75) is 6.92 Å². The lowest BCUT2D eigenvalue weighted by atomic mass is 9.79. The van der Waals surface area contributed by atoms with Crippen molar-refractivity contribution in [1.29, 1.82) is 0 Å². The second-order valence-corrected chi connectivity index (χ2v) is 4.05. The number of hydrogen-bond donors (Lipinski definition) is 0. The highest BCUT2D eigenvalue weighted by Gasteiger charge is 2.35. The van der Waals surface area contributed by atoms with E-state index in [2.05, 4.69) is 0 Å². The zero-order valence-corrected chi connectivity index (χ0v) is 9.31. The van der Waals surface area contributed by atoms with Gasteiger partial charge in [0.25, 0.3) is 0 Å². The number of rotatable bonds is 1. The van der Waals surface area contributed by atoms with Crippen LogP contribution in [0.1, 0.15) is 5.56 Å². The van der Waals surface area contributed by atoms with Gasteiger partial charge in [0.15, 0.2) is 11.6 Å². The summed E-state index contributed by atoms with van der Waals surface area (Å²) < 4.78 is 24.5. The molecular formula is C13H10BFO2. The van der Waals surface area contributed by atoms with Crippen molar-refractivity contribution in [2.75, 3.05) is 0 Å². The fourth-order valence-electron chi connectivity index (χ4n) is 1.90. The van der Waals surface area contributed by atoms with Crippen LogP contribution in [0.3, 0.4) is 0 Å². The van der Waals surface area contributed by atoms with Gasteiger partial charge in [0, 0.05) is 5.46 Å². The third kappa shape index (κ3) is 1.75. The highest BCUT2D eigenvalue weighted by atomic mass is 19.1. The molecule has 0 saturated heterocycles. The molecule has 0 N–H and O–H groups in total. The van der Waals surface area contributed by atoms with Crippen LogP contribution >= 0.6 is 0 Å². The zero-order chi connectivity index (χ0) is 11.8. The Morgan fingerprint density at radius 1 is 1.06 bits per heavy atom. The van der Waals surface area contributed by atoms with Gasteiger partial charge in [-0.2, -0.15) is 0 Å². The molecule has 0 spiro atoms. The van der Waals surface area contributed by atoms with Gasteiger partial charge in [-0.25, -0.2) is 4.39 Å². The summed E-state index contributed by atoms with van der Waals surface area (Å²) in [7, 11) is -0.554. The van der Waals surface area contributed by atoms with Crippen molar-refractivity contribution >= 4 is 12.6 Å². The predicted octanol–water partition coefficient (Wildman–Crippen LogP) is 2.30. The Labute approximate surface area is 99.1 Å². The Morgan fingerprint density at radius 2 is 1.88 bits per heavy atom. The van der Waals surface area contributed by atoms with E-state index in [1.165, 1.54) is 6.07 Å². The first-order chi connectivity index (χ1) is 8.24. The maximum absolute atomic E-state index is 13.5. The number of hydrogen-bond acceptors (Lipinski definition) is 2. The largest absolute Gasteiger partial charge is 0.632 e. The average molecular weight is 228 g/mol. The topological polar surface area (TPSA) is 18.5 Å². The van der Waals surface area contributed by atoms with E-state index in [1.807, 2.05) is 31.2 Å². The molecule has 2 aromatic rings. The Morgan fingerprint density at radius 3 is 2.65 bits per heavy atom. The monoisotopic (exact) mass is 228 g/mol. The summed E-state index contributed by atoms with van der Waals surface area (Å²) in [6.07, 6.45) is 0. The van der Waals surface area contributed by atoms with Crippen molar-refractivity contribution < 1.29 is 13.7 Å². The molecule has 2 aromatic carbocycles. The van der Waals surface area contributed by atoms with Crippen molar-refractivity contribution in [2.24, 2.45) is 0 Å². The molecule has 84 valence electrons. The number of fused-ring (bicyclic) bond motifs is 1. The summed E-state index contributed by atoms with van der Waals surface area (Å²) in [5.74, 6) is 0.258. The third-order valence-electron chi connectivity index (χ3n) is 2.70. The summed E-state index contributed by atoms with van der Waals surface area (Å²) in [5.41, 5.74) is 2.01. The smallest absolute Gasteiger partial charge is 0.519 e. The number of para-hydroxylation sites is 1. The van der Waals surface area contributed by atoms with Gasteiger partial charge in [0.05, 0.1) is 0 Å². The van der Waals surface area contributed by atoms with Gasteiger partial charge in [-0.1, -0.05) is 35.9 Å². The molecule has 0 radical (unpaired) electrons. The highest BCUT2D eigenvalue weighted by molar-refractivity contribution is 6.63. The van der Waals surface area contributed by atoms with E-state index >= 15 is 0 Å². The fraction of sp³-hybridized carbons (Fsp3) is 0.0769. The molecule has 0 atom stereocenters. The normalized spacial score (nSPS) is 12.9. The molecule has 0 fully saturated rings. The molecule has 0 saturated carbocycles. The number of halogens is 1. The predicted molar refractivity (Wildman–Crippen MR) is 64.2 cm³/mol. The van der Waals surface area contributed by atoms with Gasteiger partial charge in [-0.15, -0.1) is 0 Å². The highest BCUT2D eigenvalue weighted by Crippen LogP contribution is 2.35. The van der Waals surface area contributed by atoms with Crippen LogP contribution in [0.5, 0.6) is 11.5 Å². The molecule has 0 aromatic heterocycles. The van der Waals surface area contributed by atoms with E-state index in [1.54, 1.807) is 12.1 Å². The molecule has 0 aliphatic carbocycles. The van der Waals surface area contributed by atoms with Gasteiger partial charge in [0.2, 0.25) is 0 Å². The summed E-state index contributed by atoms with van der Waals surface area (Å²) in [6.45, 7) is 1.99. The van der Waals surface area contributed by atoms with Crippen LogP contribution in [0.4, 0.5) is 4.39 Å².